The number of nitrogens with zero attached hydrogens (tertiary/aromatic N) is 2. The Morgan fingerprint density at radius 1 is 1.29 bits per heavy atom. The quantitative estimate of drug-likeness (QED) is 0.790. The van der Waals surface area contributed by atoms with Gasteiger partial charge in [-0.3, -0.25) is 4.79 Å². The number of para-hydroxylation sites is 1. The van der Waals surface area contributed by atoms with Gasteiger partial charge in [0, 0.05) is 24.0 Å². The Labute approximate surface area is 130 Å². The first kappa shape index (κ1) is 15.5. The van der Waals surface area contributed by atoms with Gasteiger partial charge in [0.05, 0.1) is 0 Å². The third-order valence-corrected chi connectivity index (χ3v) is 3.58. The maximum atomic E-state index is 12.6. The monoisotopic (exact) mass is 302 g/mol. The van der Waals surface area contributed by atoms with E-state index in [0.29, 0.717) is 10.7 Å². The first-order valence-corrected chi connectivity index (χ1v) is 7.41. The Balaban J connectivity index is 2.33. The fourth-order valence-corrected chi connectivity index (χ4v) is 2.53. The molecule has 0 unspecified atom stereocenters. The van der Waals surface area contributed by atoms with Crippen molar-refractivity contribution >= 4 is 23.2 Å². The van der Waals surface area contributed by atoms with Crippen LogP contribution < -0.4 is 4.90 Å². The Bertz CT molecular complexity index is 655. The summed E-state index contributed by atoms with van der Waals surface area (Å²) in [5.41, 5.74) is 3.38. The first-order valence-electron chi connectivity index (χ1n) is 7.03. The van der Waals surface area contributed by atoms with Crippen molar-refractivity contribution in [3.8, 4) is 0 Å². The second-order valence-corrected chi connectivity index (χ2v) is 5.46. The summed E-state index contributed by atoms with van der Waals surface area (Å²) in [6.07, 6.45) is 1.78. The summed E-state index contributed by atoms with van der Waals surface area (Å²) in [5, 5.41) is 0.363. The molecule has 2 rings (SSSR count). The molecule has 3 nitrogen and oxygen atoms in total. The predicted octanol–water partition coefficient (Wildman–Crippen LogP) is 4.27. The maximum Gasteiger partial charge on any atom is 0.258 e. The largest absolute Gasteiger partial charge is 0.311 e. The molecule has 21 heavy (non-hydrogen) atoms. The van der Waals surface area contributed by atoms with Gasteiger partial charge in [0.15, 0.2) is 0 Å². The van der Waals surface area contributed by atoms with E-state index < -0.39 is 0 Å². The molecule has 1 aromatic carbocycles. The summed E-state index contributed by atoms with van der Waals surface area (Å²) in [5.74, 6) is -0.0778. The zero-order chi connectivity index (χ0) is 15.4. The molecule has 0 fully saturated rings. The molecule has 0 N–H and O–H groups in total. The molecule has 0 atom stereocenters. The van der Waals surface area contributed by atoms with Crippen molar-refractivity contribution in [2.24, 2.45) is 0 Å². The average Bonchev–Trinajstić information content (AvgIpc) is 2.46. The number of halogens is 1. The minimum absolute atomic E-state index is 0.0778. The molecule has 0 bridgehead atoms. The number of aromatic nitrogens is 1. The van der Waals surface area contributed by atoms with Crippen LogP contribution in [0.3, 0.4) is 0 Å². The molecule has 0 saturated carbocycles. The highest BCUT2D eigenvalue weighted by atomic mass is 35.5. The smallest absolute Gasteiger partial charge is 0.258 e. The van der Waals surface area contributed by atoms with Gasteiger partial charge in [-0.2, -0.15) is 0 Å². The molecule has 110 valence electrons. The van der Waals surface area contributed by atoms with Gasteiger partial charge in [0.25, 0.3) is 5.91 Å². The van der Waals surface area contributed by atoms with E-state index in [9.17, 15) is 4.79 Å². The van der Waals surface area contributed by atoms with E-state index in [-0.39, 0.29) is 5.91 Å². The van der Waals surface area contributed by atoms with Gasteiger partial charge in [0.2, 0.25) is 0 Å². The molecular weight excluding hydrogens is 284 g/mol. The minimum Gasteiger partial charge on any atom is -0.311 e. The molecule has 0 aliphatic rings. The van der Waals surface area contributed by atoms with Crippen molar-refractivity contribution in [1.29, 1.82) is 0 Å². The van der Waals surface area contributed by atoms with Crippen LogP contribution in [0.25, 0.3) is 0 Å². The Kier molecular flexibility index (Phi) is 4.97. The minimum atomic E-state index is -0.0778. The van der Waals surface area contributed by atoms with Crippen LogP contribution in [-0.2, 0) is 6.42 Å². The van der Waals surface area contributed by atoms with E-state index in [1.165, 1.54) is 0 Å². The number of benzene rings is 1. The standard InChI is InChI=1S/C17H19ClN2O/c1-4-7-14-10-13(11-16(18)19-14)17(21)20(3)15-9-6-5-8-12(15)2/h5-6,8-11H,4,7H2,1-3H3. The number of aryl methyl sites for hydroxylation is 2. The SMILES string of the molecule is CCCc1cc(C(=O)N(C)c2ccccc2C)cc(Cl)n1. The molecular formula is C17H19ClN2O. The van der Waals surface area contributed by atoms with Crippen molar-refractivity contribution in [2.75, 3.05) is 11.9 Å². The van der Waals surface area contributed by atoms with Crippen molar-refractivity contribution < 1.29 is 4.79 Å². The van der Waals surface area contributed by atoms with Crippen LogP contribution in [0.2, 0.25) is 5.15 Å². The van der Waals surface area contributed by atoms with E-state index in [1.807, 2.05) is 37.3 Å². The molecule has 0 saturated heterocycles. The number of carbonyl (C=O) groups is 1. The topological polar surface area (TPSA) is 33.2 Å². The zero-order valence-electron chi connectivity index (χ0n) is 12.6. The van der Waals surface area contributed by atoms with Gasteiger partial charge in [-0.1, -0.05) is 43.1 Å². The van der Waals surface area contributed by atoms with Crippen LogP contribution in [0, 0.1) is 6.92 Å². The summed E-state index contributed by atoms with van der Waals surface area (Å²) in [6.45, 7) is 4.06. The zero-order valence-corrected chi connectivity index (χ0v) is 13.3. The number of hydrogen-bond acceptors (Lipinski definition) is 2. The lowest BCUT2D eigenvalue weighted by Gasteiger charge is -2.20. The lowest BCUT2D eigenvalue weighted by Crippen LogP contribution is -2.27. The van der Waals surface area contributed by atoms with E-state index >= 15 is 0 Å². The number of pyridine rings is 1. The Morgan fingerprint density at radius 3 is 2.67 bits per heavy atom. The van der Waals surface area contributed by atoms with E-state index in [0.717, 1.165) is 29.8 Å². The van der Waals surface area contributed by atoms with Crippen molar-refractivity contribution in [3.63, 3.8) is 0 Å². The normalized spacial score (nSPS) is 10.5. The van der Waals surface area contributed by atoms with Gasteiger partial charge in [0.1, 0.15) is 5.15 Å². The highest BCUT2D eigenvalue weighted by Crippen LogP contribution is 2.21. The van der Waals surface area contributed by atoms with Crippen molar-refractivity contribution in [1.82, 2.24) is 4.98 Å². The maximum absolute atomic E-state index is 12.6. The summed E-state index contributed by atoms with van der Waals surface area (Å²) < 4.78 is 0. The van der Waals surface area contributed by atoms with E-state index in [4.69, 9.17) is 11.6 Å². The third kappa shape index (κ3) is 3.61. The molecule has 1 amide bonds. The number of anilines is 1. The number of hydrogen-bond donors (Lipinski definition) is 0. The number of amides is 1. The summed E-state index contributed by atoms with van der Waals surface area (Å²) in [4.78, 5) is 18.5. The van der Waals surface area contributed by atoms with Crippen LogP contribution in [0.15, 0.2) is 36.4 Å². The average molecular weight is 303 g/mol. The summed E-state index contributed by atoms with van der Waals surface area (Å²) in [6, 6.07) is 11.3. The highest BCUT2D eigenvalue weighted by molar-refractivity contribution is 6.29. The van der Waals surface area contributed by atoms with Gasteiger partial charge < -0.3 is 4.90 Å². The highest BCUT2D eigenvalue weighted by Gasteiger charge is 2.16. The molecule has 0 aliphatic carbocycles. The fraction of sp³-hybridized carbons (Fsp3) is 0.294. The van der Waals surface area contributed by atoms with Crippen LogP contribution in [0.4, 0.5) is 5.69 Å². The van der Waals surface area contributed by atoms with Gasteiger partial charge in [-0.05, 0) is 37.1 Å². The number of carbonyl (C=O) groups excluding carboxylic acids is 1. The Morgan fingerprint density at radius 2 is 2.00 bits per heavy atom. The summed E-state index contributed by atoms with van der Waals surface area (Å²) in [7, 11) is 1.78. The van der Waals surface area contributed by atoms with Crippen molar-refractivity contribution in [3.05, 3.63) is 58.4 Å². The van der Waals surface area contributed by atoms with Crippen LogP contribution in [-0.4, -0.2) is 17.9 Å². The van der Waals surface area contributed by atoms with Crippen molar-refractivity contribution in [2.45, 2.75) is 26.7 Å². The van der Waals surface area contributed by atoms with Gasteiger partial charge >= 0.3 is 0 Å². The second kappa shape index (κ2) is 6.72. The Hall–Kier alpha value is -1.87. The third-order valence-electron chi connectivity index (χ3n) is 3.38. The van der Waals surface area contributed by atoms with Crippen LogP contribution in [0.1, 0.15) is 35.0 Å². The van der Waals surface area contributed by atoms with Crippen LogP contribution >= 0.6 is 11.6 Å². The predicted molar refractivity (Wildman–Crippen MR) is 87.2 cm³/mol. The molecule has 1 aromatic heterocycles. The van der Waals surface area contributed by atoms with Gasteiger partial charge in [-0.25, -0.2) is 4.98 Å². The molecule has 1 heterocycles. The van der Waals surface area contributed by atoms with Gasteiger partial charge in [-0.15, -0.1) is 0 Å². The molecule has 0 aliphatic heterocycles. The lowest BCUT2D eigenvalue weighted by molar-refractivity contribution is 0.0992. The molecule has 0 spiro atoms. The summed E-state index contributed by atoms with van der Waals surface area (Å²) >= 11 is 6.03. The molecule has 2 aromatic rings. The fourth-order valence-electron chi connectivity index (χ4n) is 2.30. The van der Waals surface area contributed by atoms with Crippen LogP contribution in [0.5, 0.6) is 0 Å². The molecule has 0 radical (unpaired) electrons. The van der Waals surface area contributed by atoms with E-state index in [2.05, 4.69) is 11.9 Å². The van der Waals surface area contributed by atoms with E-state index in [1.54, 1.807) is 18.0 Å². The number of rotatable bonds is 4. The second-order valence-electron chi connectivity index (χ2n) is 5.07. The first-order chi connectivity index (χ1) is 10.0. The lowest BCUT2D eigenvalue weighted by atomic mass is 10.1. The molecule has 4 heteroatoms.